The molecule has 4 rings (SSSR count). The number of carbonyl (C=O) groups excluding carboxylic acids is 1. The van der Waals surface area contributed by atoms with E-state index in [9.17, 15) is 4.79 Å². The van der Waals surface area contributed by atoms with E-state index in [2.05, 4.69) is 29.2 Å². The number of nitrogens with zero attached hydrogens (tertiary/aromatic N) is 2. The molecule has 150 valence electrons. The fourth-order valence-corrected chi connectivity index (χ4v) is 4.82. The number of hydrogen-bond acceptors (Lipinski definition) is 3. The van der Waals surface area contributed by atoms with Gasteiger partial charge in [-0.25, -0.2) is 0 Å². The average Bonchev–Trinajstić information content (AvgIpc) is 3.14. The third-order valence-corrected chi connectivity index (χ3v) is 6.31. The van der Waals surface area contributed by atoms with Gasteiger partial charge in [-0.1, -0.05) is 54.1 Å². The van der Waals surface area contributed by atoms with Gasteiger partial charge < -0.3 is 10.6 Å². The molecule has 2 fully saturated rings. The van der Waals surface area contributed by atoms with Crippen molar-refractivity contribution in [3.63, 3.8) is 0 Å². The molecule has 2 aliphatic heterocycles. The molecule has 2 heterocycles. The molecule has 2 aromatic carbocycles. The summed E-state index contributed by atoms with van der Waals surface area (Å²) in [7, 11) is 0. The number of nitrogens with two attached hydrogens (primary N) is 1. The lowest BCUT2D eigenvalue weighted by molar-refractivity contribution is -0.125. The Balaban J connectivity index is 0.00000225. The van der Waals surface area contributed by atoms with Crippen molar-refractivity contribution in [2.24, 2.45) is 11.7 Å². The number of benzene rings is 2. The molecule has 0 spiro atoms. The molecule has 0 saturated carbocycles. The van der Waals surface area contributed by atoms with Crippen LogP contribution in [0.4, 0.5) is 5.69 Å². The Morgan fingerprint density at radius 3 is 2.46 bits per heavy atom. The normalized spacial score (nSPS) is 25.6. The predicted octanol–water partition coefficient (Wildman–Crippen LogP) is 3.93. The highest BCUT2D eigenvalue weighted by atomic mass is 35.5. The summed E-state index contributed by atoms with van der Waals surface area (Å²) in [4.78, 5) is 17.5. The Labute approximate surface area is 178 Å². The molecular formula is C22H27Cl2N3O. The van der Waals surface area contributed by atoms with Gasteiger partial charge in [0.2, 0.25) is 5.91 Å². The Morgan fingerprint density at radius 2 is 1.75 bits per heavy atom. The van der Waals surface area contributed by atoms with Crippen LogP contribution in [0.25, 0.3) is 0 Å². The predicted molar refractivity (Wildman–Crippen MR) is 117 cm³/mol. The summed E-state index contributed by atoms with van der Waals surface area (Å²) in [6, 6.07) is 18.1. The first-order valence-electron chi connectivity index (χ1n) is 9.74. The number of carbonyl (C=O) groups is 1. The molecular weight excluding hydrogens is 393 g/mol. The number of anilines is 1. The number of halogens is 2. The van der Waals surface area contributed by atoms with Gasteiger partial charge in [0, 0.05) is 25.6 Å². The zero-order chi connectivity index (χ0) is 18.8. The van der Waals surface area contributed by atoms with E-state index in [1.54, 1.807) is 0 Å². The van der Waals surface area contributed by atoms with Crippen molar-refractivity contribution in [2.45, 2.75) is 24.8 Å². The third-order valence-electron chi connectivity index (χ3n) is 5.99. The highest BCUT2D eigenvalue weighted by Crippen LogP contribution is 2.36. The van der Waals surface area contributed by atoms with Crippen LogP contribution in [-0.2, 0) is 4.79 Å². The van der Waals surface area contributed by atoms with Crippen LogP contribution in [0.3, 0.4) is 0 Å². The first-order chi connectivity index (χ1) is 13.2. The number of amides is 1. The van der Waals surface area contributed by atoms with Crippen LogP contribution in [-0.4, -0.2) is 43.0 Å². The van der Waals surface area contributed by atoms with Crippen LogP contribution in [0.5, 0.6) is 0 Å². The van der Waals surface area contributed by atoms with Crippen LogP contribution >= 0.6 is 24.0 Å². The molecule has 4 nitrogen and oxygen atoms in total. The minimum Gasteiger partial charge on any atom is -0.330 e. The lowest BCUT2D eigenvalue weighted by atomic mass is 9.89. The fourth-order valence-electron chi connectivity index (χ4n) is 4.58. The first-order valence-corrected chi connectivity index (χ1v) is 10.1. The second-order valence-electron chi connectivity index (χ2n) is 7.57. The highest BCUT2D eigenvalue weighted by Gasteiger charge is 2.41. The maximum Gasteiger partial charge on any atom is 0.244 e. The third kappa shape index (κ3) is 4.06. The summed E-state index contributed by atoms with van der Waals surface area (Å²) >= 11 is 6.36. The van der Waals surface area contributed by atoms with E-state index < -0.39 is 0 Å². The zero-order valence-corrected chi connectivity index (χ0v) is 17.4. The molecule has 6 heteroatoms. The maximum atomic E-state index is 13.3. The van der Waals surface area contributed by atoms with E-state index in [4.69, 9.17) is 17.3 Å². The SMILES string of the molecule is Cl.NC[C@@H]1CN(C2CCCN(c3ccccc3Cl)C2=O)C[C@H]1c1ccccc1. The monoisotopic (exact) mass is 419 g/mol. The molecule has 0 aromatic heterocycles. The molecule has 28 heavy (non-hydrogen) atoms. The molecule has 2 aromatic rings. The van der Waals surface area contributed by atoms with E-state index >= 15 is 0 Å². The van der Waals surface area contributed by atoms with Crippen molar-refractivity contribution >= 4 is 35.6 Å². The Kier molecular flexibility index (Phi) is 7.00. The summed E-state index contributed by atoms with van der Waals surface area (Å²) in [5.74, 6) is 0.939. The molecule has 1 amide bonds. The maximum absolute atomic E-state index is 13.3. The van der Waals surface area contributed by atoms with Crippen LogP contribution in [0, 0.1) is 5.92 Å². The van der Waals surface area contributed by atoms with Gasteiger partial charge in [-0.2, -0.15) is 0 Å². The Hall–Kier alpha value is -1.59. The van der Waals surface area contributed by atoms with Crippen molar-refractivity contribution in [3.05, 3.63) is 65.2 Å². The van der Waals surface area contributed by atoms with E-state index in [0.29, 0.717) is 23.4 Å². The smallest absolute Gasteiger partial charge is 0.244 e. The number of piperidine rings is 1. The second kappa shape index (κ2) is 9.27. The van der Waals surface area contributed by atoms with Gasteiger partial charge in [-0.3, -0.25) is 9.69 Å². The molecule has 2 aliphatic rings. The highest BCUT2D eigenvalue weighted by molar-refractivity contribution is 6.33. The van der Waals surface area contributed by atoms with Gasteiger partial charge in [-0.05, 0) is 43.0 Å². The van der Waals surface area contributed by atoms with Crippen molar-refractivity contribution in [3.8, 4) is 0 Å². The van der Waals surface area contributed by atoms with Gasteiger partial charge in [0.1, 0.15) is 0 Å². The summed E-state index contributed by atoms with van der Waals surface area (Å²) in [6.45, 7) is 3.14. The van der Waals surface area contributed by atoms with Crippen LogP contribution < -0.4 is 10.6 Å². The first kappa shape index (κ1) is 21.1. The van der Waals surface area contributed by atoms with Crippen molar-refractivity contribution in [2.75, 3.05) is 31.1 Å². The van der Waals surface area contributed by atoms with Crippen molar-refractivity contribution in [1.82, 2.24) is 4.90 Å². The summed E-state index contributed by atoms with van der Waals surface area (Å²) in [5, 5.41) is 0.634. The standard InChI is InChI=1S/C22H26ClN3O.ClH/c23-19-9-4-5-10-20(19)26-12-6-11-21(22(26)27)25-14-17(13-24)18(15-25)16-7-2-1-3-8-16;/h1-5,7-10,17-18,21H,6,11-15,24H2;1H/t17-,18+,21?;/m1./s1. The number of para-hydroxylation sites is 1. The average molecular weight is 420 g/mol. The topological polar surface area (TPSA) is 49.6 Å². The Morgan fingerprint density at radius 1 is 1.04 bits per heavy atom. The van der Waals surface area contributed by atoms with E-state index in [-0.39, 0.29) is 24.4 Å². The van der Waals surface area contributed by atoms with E-state index in [0.717, 1.165) is 38.2 Å². The summed E-state index contributed by atoms with van der Waals surface area (Å²) in [6.07, 6.45) is 1.89. The zero-order valence-electron chi connectivity index (χ0n) is 15.8. The van der Waals surface area contributed by atoms with Gasteiger partial charge in [0.15, 0.2) is 0 Å². The summed E-state index contributed by atoms with van der Waals surface area (Å²) < 4.78 is 0. The van der Waals surface area contributed by atoms with Gasteiger partial charge in [0.05, 0.1) is 16.8 Å². The minimum atomic E-state index is -0.0854. The molecule has 2 N–H and O–H groups in total. The van der Waals surface area contributed by atoms with Gasteiger partial charge in [0.25, 0.3) is 0 Å². The largest absolute Gasteiger partial charge is 0.330 e. The van der Waals surface area contributed by atoms with Crippen molar-refractivity contribution in [1.29, 1.82) is 0 Å². The second-order valence-corrected chi connectivity index (χ2v) is 7.97. The molecule has 2 saturated heterocycles. The quantitative estimate of drug-likeness (QED) is 0.816. The minimum absolute atomic E-state index is 0. The number of rotatable bonds is 4. The molecule has 0 aliphatic carbocycles. The van der Waals surface area contributed by atoms with E-state index in [1.165, 1.54) is 5.56 Å². The van der Waals surface area contributed by atoms with Gasteiger partial charge in [-0.15, -0.1) is 12.4 Å². The van der Waals surface area contributed by atoms with Crippen LogP contribution in [0.1, 0.15) is 24.3 Å². The van der Waals surface area contributed by atoms with Crippen LogP contribution in [0.2, 0.25) is 5.02 Å². The van der Waals surface area contributed by atoms with Crippen molar-refractivity contribution < 1.29 is 4.79 Å². The summed E-state index contributed by atoms with van der Waals surface area (Å²) in [5.41, 5.74) is 8.23. The Bertz CT molecular complexity index is 801. The van der Waals surface area contributed by atoms with E-state index in [1.807, 2.05) is 35.2 Å². The van der Waals surface area contributed by atoms with Gasteiger partial charge >= 0.3 is 0 Å². The fraction of sp³-hybridized carbons (Fsp3) is 0.409. The number of hydrogen-bond donors (Lipinski definition) is 1. The lowest BCUT2D eigenvalue weighted by Gasteiger charge is -2.37. The van der Waals surface area contributed by atoms with Crippen LogP contribution in [0.15, 0.2) is 54.6 Å². The molecule has 0 bridgehead atoms. The lowest BCUT2D eigenvalue weighted by Crippen LogP contribution is -2.52. The molecule has 1 unspecified atom stereocenters. The molecule has 3 atom stereocenters. The molecule has 0 radical (unpaired) electrons. The number of likely N-dealkylation sites (tertiary alicyclic amines) is 1.